The Morgan fingerprint density at radius 3 is 2.15 bits per heavy atom. The predicted octanol–water partition coefficient (Wildman–Crippen LogP) is 4.91. The Bertz CT molecular complexity index is 781. The van der Waals surface area contributed by atoms with Crippen LogP contribution in [0.15, 0.2) is 42.5 Å². The molecule has 2 aromatic carbocycles. The molecule has 2 rings (SSSR count). The maximum atomic E-state index is 12.6. The van der Waals surface area contributed by atoms with Gasteiger partial charge in [0.05, 0.1) is 12.7 Å². The van der Waals surface area contributed by atoms with Gasteiger partial charge < -0.3 is 20.2 Å². The number of anilines is 2. The highest BCUT2D eigenvalue weighted by Crippen LogP contribution is 2.37. The monoisotopic (exact) mass is 372 g/mol. The molecule has 1 amide bonds. The second kappa shape index (κ2) is 7.41. The van der Waals surface area contributed by atoms with Crippen LogP contribution in [0.5, 0.6) is 11.5 Å². The Morgan fingerprint density at radius 2 is 1.62 bits per heavy atom. The second-order valence-electron chi connectivity index (χ2n) is 7.79. The lowest BCUT2D eigenvalue weighted by Crippen LogP contribution is -2.43. The third-order valence-electron chi connectivity index (χ3n) is 4.80. The van der Waals surface area contributed by atoms with Gasteiger partial charge in [-0.05, 0) is 60.6 Å². The molecule has 0 unspecified atom stereocenters. The number of hydrogen-bond acceptors (Lipinski definition) is 4. The topological polar surface area (TPSA) is 73.6 Å². The molecule has 5 nitrogen and oxygen atoms in total. The fraction of sp³-hybridized carbons (Fsp3) is 0.350. The van der Waals surface area contributed by atoms with Crippen LogP contribution < -0.4 is 20.2 Å². The van der Waals surface area contributed by atoms with Crippen LogP contribution >= 0.6 is 0 Å². The van der Waals surface area contributed by atoms with Gasteiger partial charge in [-0.1, -0.05) is 20.8 Å². The first kappa shape index (κ1) is 19.8. The minimum Gasteiger partial charge on any atom is -0.543 e. The molecule has 2 aromatic rings. The van der Waals surface area contributed by atoms with Crippen molar-refractivity contribution in [3.63, 3.8) is 0 Å². The fourth-order valence-electron chi connectivity index (χ4n) is 2.12. The van der Waals surface area contributed by atoms with Crippen LogP contribution in [0.25, 0.3) is 0 Å². The zero-order valence-corrected chi connectivity index (χ0v) is 17.3. The summed E-state index contributed by atoms with van der Waals surface area (Å²) in [6.45, 7) is 10.9. The van der Waals surface area contributed by atoms with Crippen LogP contribution in [0.2, 0.25) is 18.1 Å². The molecular weight excluding hydrogens is 344 g/mol. The van der Waals surface area contributed by atoms with Crippen LogP contribution in [-0.4, -0.2) is 21.3 Å². The summed E-state index contributed by atoms with van der Waals surface area (Å²) in [6, 6.07) is 12.4. The van der Waals surface area contributed by atoms with Gasteiger partial charge in [0.15, 0.2) is 0 Å². The Hall–Kier alpha value is -2.47. The van der Waals surface area contributed by atoms with E-state index in [9.17, 15) is 4.79 Å². The summed E-state index contributed by atoms with van der Waals surface area (Å²) in [5, 5.41) is 2.92. The average molecular weight is 373 g/mol. The first-order valence-electron chi connectivity index (χ1n) is 8.57. The molecule has 0 aromatic heterocycles. The number of carbonyl (C=O) groups excluding carboxylic acids is 1. The highest BCUT2D eigenvalue weighted by molar-refractivity contribution is 6.74. The van der Waals surface area contributed by atoms with Crippen LogP contribution in [0.3, 0.4) is 0 Å². The van der Waals surface area contributed by atoms with Gasteiger partial charge in [-0.3, -0.25) is 4.79 Å². The first-order valence-corrected chi connectivity index (χ1v) is 11.5. The minimum absolute atomic E-state index is 0.0693. The van der Waals surface area contributed by atoms with Crippen molar-refractivity contribution in [2.24, 2.45) is 0 Å². The molecule has 0 bridgehead atoms. The molecule has 26 heavy (non-hydrogen) atoms. The number of nitrogen functional groups attached to an aromatic ring is 1. The fourth-order valence-corrected chi connectivity index (χ4v) is 3.14. The molecule has 3 N–H and O–H groups in total. The number of nitrogens with two attached hydrogens (primary N) is 1. The molecule has 6 heteroatoms. The van der Waals surface area contributed by atoms with Crippen molar-refractivity contribution in [3.05, 3.63) is 48.0 Å². The summed E-state index contributed by atoms with van der Waals surface area (Å²) >= 11 is 0. The molecule has 0 spiro atoms. The van der Waals surface area contributed by atoms with Crippen molar-refractivity contribution in [2.75, 3.05) is 18.2 Å². The molecule has 0 saturated carbocycles. The van der Waals surface area contributed by atoms with E-state index in [4.69, 9.17) is 14.9 Å². The van der Waals surface area contributed by atoms with Crippen molar-refractivity contribution in [2.45, 2.75) is 38.9 Å². The normalized spacial score (nSPS) is 11.8. The summed E-state index contributed by atoms with van der Waals surface area (Å²) in [4.78, 5) is 12.6. The van der Waals surface area contributed by atoms with E-state index in [1.807, 2.05) is 6.07 Å². The lowest BCUT2D eigenvalue weighted by atomic mass is 10.1. The van der Waals surface area contributed by atoms with Gasteiger partial charge in [0.2, 0.25) is 8.32 Å². The highest BCUT2D eigenvalue weighted by Gasteiger charge is 2.39. The minimum atomic E-state index is -1.99. The van der Waals surface area contributed by atoms with Crippen molar-refractivity contribution in [1.29, 1.82) is 0 Å². The summed E-state index contributed by atoms with van der Waals surface area (Å²) in [7, 11) is -0.393. The number of rotatable bonds is 5. The molecule has 0 aliphatic heterocycles. The van der Waals surface area contributed by atoms with Gasteiger partial charge in [-0.25, -0.2) is 0 Å². The Morgan fingerprint density at radius 1 is 1.04 bits per heavy atom. The maximum Gasteiger partial charge on any atom is 0.257 e. The summed E-state index contributed by atoms with van der Waals surface area (Å²) < 4.78 is 11.4. The van der Waals surface area contributed by atoms with Gasteiger partial charge >= 0.3 is 0 Å². The van der Waals surface area contributed by atoms with Crippen LogP contribution in [0.1, 0.15) is 31.1 Å². The van der Waals surface area contributed by atoms with E-state index in [1.54, 1.807) is 43.5 Å². The zero-order valence-electron chi connectivity index (χ0n) is 16.3. The standard InChI is InChI=1S/C20H28N2O3Si/c1-20(2,3)26(5,6)25-16-11-12-18(21)17(13-16)19(23)22-14-7-9-15(24-4)10-8-14/h7-13H,21H2,1-6H3,(H,22,23). The smallest absolute Gasteiger partial charge is 0.257 e. The number of carbonyl (C=O) groups is 1. The number of methoxy groups -OCH3 is 1. The lowest BCUT2D eigenvalue weighted by molar-refractivity contribution is 0.102. The molecule has 0 fully saturated rings. The molecule has 0 radical (unpaired) electrons. The molecular formula is C20H28N2O3Si. The number of hydrogen-bond donors (Lipinski definition) is 2. The van der Waals surface area contributed by atoms with Crippen LogP contribution in [-0.2, 0) is 0 Å². The number of nitrogens with one attached hydrogen (secondary N) is 1. The molecule has 0 aliphatic rings. The van der Waals surface area contributed by atoms with Gasteiger partial charge in [-0.15, -0.1) is 0 Å². The van der Waals surface area contributed by atoms with E-state index in [0.717, 1.165) is 5.75 Å². The number of ether oxygens (including phenoxy) is 1. The number of benzene rings is 2. The molecule has 140 valence electrons. The molecule has 0 heterocycles. The third-order valence-corrected chi connectivity index (χ3v) is 9.15. The quantitative estimate of drug-likeness (QED) is 0.577. The van der Waals surface area contributed by atoms with Crippen LogP contribution in [0.4, 0.5) is 11.4 Å². The Balaban J connectivity index is 2.21. The highest BCUT2D eigenvalue weighted by atomic mass is 28.4. The predicted molar refractivity (Wildman–Crippen MR) is 110 cm³/mol. The van der Waals surface area contributed by atoms with Crippen molar-refractivity contribution in [3.8, 4) is 11.5 Å². The second-order valence-corrected chi connectivity index (χ2v) is 12.5. The average Bonchev–Trinajstić information content (AvgIpc) is 2.56. The van der Waals surface area contributed by atoms with E-state index >= 15 is 0 Å². The third kappa shape index (κ3) is 4.57. The Kier molecular flexibility index (Phi) is 5.66. The summed E-state index contributed by atoms with van der Waals surface area (Å²) in [6.07, 6.45) is 0. The van der Waals surface area contributed by atoms with E-state index in [0.29, 0.717) is 22.7 Å². The SMILES string of the molecule is COc1ccc(NC(=O)c2cc(O[Si](C)(C)C(C)(C)C)ccc2N)cc1. The Labute approximate surface area is 156 Å². The molecule has 0 saturated heterocycles. The first-order chi connectivity index (χ1) is 12.0. The van der Waals surface area contributed by atoms with Crippen molar-refractivity contribution >= 4 is 25.6 Å². The van der Waals surface area contributed by atoms with Gasteiger partial charge in [0, 0.05) is 11.4 Å². The van der Waals surface area contributed by atoms with Gasteiger partial charge in [0.25, 0.3) is 5.91 Å². The summed E-state index contributed by atoms with van der Waals surface area (Å²) in [5.74, 6) is 1.13. The molecule has 0 aliphatic carbocycles. The zero-order chi connectivity index (χ0) is 19.5. The van der Waals surface area contributed by atoms with Crippen molar-refractivity contribution < 1.29 is 14.0 Å². The van der Waals surface area contributed by atoms with Gasteiger partial charge in [0.1, 0.15) is 11.5 Å². The van der Waals surface area contributed by atoms with E-state index in [1.165, 1.54) is 0 Å². The largest absolute Gasteiger partial charge is 0.543 e. The van der Waals surface area contributed by atoms with E-state index < -0.39 is 8.32 Å². The van der Waals surface area contributed by atoms with Crippen LogP contribution in [0, 0.1) is 0 Å². The van der Waals surface area contributed by atoms with Gasteiger partial charge in [-0.2, -0.15) is 0 Å². The van der Waals surface area contributed by atoms with E-state index in [2.05, 4.69) is 39.2 Å². The van der Waals surface area contributed by atoms with Crippen molar-refractivity contribution in [1.82, 2.24) is 0 Å². The lowest BCUT2D eigenvalue weighted by Gasteiger charge is -2.36. The number of amides is 1. The van der Waals surface area contributed by atoms with E-state index in [-0.39, 0.29) is 10.9 Å². The molecule has 0 atom stereocenters. The maximum absolute atomic E-state index is 12.6. The summed E-state index contributed by atoms with van der Waals surface area (Å²) in [5.41, 5.74) is 7.50.